The van der Waals surface area contributed by atoms with Crippen molar-refractivity contribution in [3.8, 4) is 5.69 Å². The van der Waals surface area contributed by atoms with Gasteiger partial charge in [0.15, 0.2) is 5.69 Å². The van der Waals surface area contributed by atoms with Crippen LogP contribution in [0.4, 0.5) is 9.39 Å². The van der Waals surface area contributed by atoms with E-state index in [0.717, 1.165) is 28.2 Å². The molecule has 1 aliphatic heterocycles. The highest BCUT2D eigenvalue weighted by atomic mass is 32.2. The molecule has 1 amide bonds. The molecule has 0 radical (unpaired) electrons. The maximum Gasteiger partial charge on any atom is 0.359 e. The first-order valence-corrected chi connectivity index (χ1v) is 14.5. The number of esters is 1. The van der Waals surface area contributed by atoms with Gasteiger partial charge < -0.3 is 14.8 Å². The molecule has 14 heteroatoms. The van der Waals surface area contributed by atoms with Crippen molar-refractivity contribution in [3.63, 3.8) is 0 Å². The quantitative estimate of drug-likeness (QED) is 0.327. The van der Waals surface area contributed by atoms with Crippen molar-refractivity contribution in [3.05, 3.63) is 81.3 Å². The molecule has 0 saturated carbocycles. The lowest BCUT2D eigenvalue weighted by Gasteiger charge is -2.26. The number of halogens is 1. The smallest absolute Gasteiger partial charge is 0.359 e. The molecule has 0 aliphatic carbocycles. The number of morpholine rings is 1. The molecule has 1 saturated heterocycles. The summed E-state index contributed by atoms with van der Waals surface area (Å²) in [5.41, 5.74) is -0.422. The first-order valence-electron chi connectivity index (χ1n) is 12.2. The minimum atomic E-state index is -3.74. The zero-order chi connectivity index (χ0) is 28.4. The minimum absolute atomic E-state index is 0.0206. The second-order valence-corrected chi connectivity index (χ2v) is 11.4. The predicted molar refractivity (Wildman–Crippen MR) is 145 cm³/mol. The van der Waals surface area contributed by atoms with Crippen molar-refractivity contribution < 1.29 is 31.9 Å². The molecule has 5 rings (SSSR count). The SMILES string of the molecule is CCOC(=O)c1nn(-c2ccc(F)cc2)c(=O)c2c(NC(=O)c3ccc(S(=O)(=O)N4CCOCC4)cc3)scc12. The van der Waals surface area contributed by atoms with E-state index < -0.39 is 33.3 Å². The van der Waals surface area contributed by atoms with Crippen LogP contribution in [-0.2, 0) is 19.5 Å². The van der Waals surface area contributed by atoms with Crippen molar-refractivity contribution in [2.24, 2.45) is 0 Å². The van der Waals surface area contributed by atoms with Crippen LogP contribution in [0.25, 0.3) is 16.5 Å². The normalized spacial score (nSPS) is 14.2. The third-order valence-electron chi connectivity index (χ3n) is 6.14. The summed E-state index contributed by atoms with van der Waals surface area (Å²) >= 11 is 1.01. The second-order valence-electron chi connectivity index (χ2n) is 8.61. The van der Waals surface area contributed by atoms with E-state index in [1.807, 2.05) is 0 Å². The van der Waals surface area contributed by atoms with Crippen LogP contribution in [0.15, 0.2) is 63.6 Å². The summed E-state index contributed by atoms with van der Waals surface area (Å²) in [6.45, 7) is 2.81. The Hall–Kier alpha value is -3.98. The summed E-state index contributed by atoms with van der Waals surface area (Å²) in [4.78, 5) is 39.3. The number of carbonyl (C=O) groups excluding carboxylic acids is 2. The molecule has 1 fully saturated rings. The van der Waals surface area contributed by atoms with Crippen LogP contribution in [-0.4, -0.2) is 67.3 Å². The summed E-state index contributed by atoms with van der Waals surface area (Å²) in [7, 11) is -3.74. The predicted octanol–water partition coefficient (Wildman–Crippen LogP) is 3.04. The maximum absolute atomic E-state index is 13.5. The van der Waals surface area contributed by atoms with E-state index >= 15 is 0 Å². The Bertz CT molecular complexity index is 1740. The number of nitrogens with one attached hydrogen (secondary N) is 1. The van der Waals surface area contributed by atoms with Crippen molar-refractivity contribution in [2.45, 2.75) is 11.8 Å². The molecule has 3 heterocycles. The van der Waals surface area contributed by atoms with E-state index in [9.17, 15) is 27.2 Å². The van der Waals surface area contributed by atoms with Gasteiger partial charge in [-0.25, -0.2) is 17.6 Å². The third kappa shape index (κ3) is 5.25. The highest BCUT2D eigenvalue weighted by molar-refractivity contribution is 7.89. The molecular formula is C26H23FN4O7S2. The number of rotatable bonds is 7. The average molecular weight is 587 g/mol. The lowest BCUT2D eigenvalue weighted by molar-refractivity contribution is 0.0519. The number of aromatic nitrogens is 2. The molecule has 0 bridgehead atoms. The van der Waals surface area contributed by atoms with Crippen LogP contribution in [0.5, 0.6) is 0 Å². The van der Waals surface area contributed by atoms with Gasteiger partial charge in [0.1, 0.15) is 10.8 Å². The fourth-order valence-electron chi connectivity index (χ4n) is 4.14. The molecule has 0 unspecified atom stereocenters. The topological polar surface area (TPSA) is 137 Å². The number of thiophene rings is 1. The van der Waals surface area contributed by atoms with Crippen LogP contribution < -0.4 is 10.9 Å². The number of sulfonamides is 1. The number of benzene rings is 2. The third-order valence-corrected chi connectivity index (χ3v) is 8.95. The summed E-state index contributed by atoms with van der Waals surface area (Å²) in [6, 6.07) is 10.4. The fraction of sp³-hybridized carbons (Fsp3) is 0.231. The monoisotopic (exact) mass is 586 g/mol. The molecule has 11 nitrogen and oxygen atoms in total. The second kappa shape index (κ2) is 11.3. The van der Waals surface area contributed by atoms with Gasteiger partial charge in [-0.1, -0.05) is 0 Å². The van der Waals surface area contributed by atoms with Gasteiger partial charge in [-0.05, 0) is 55.5 Å². The van der Waals surface area contributed by atoms with Crippen molar-refractivity contribution in [2.75, 3.05) is 38.2 Å². The number of fused-ring (bicyclic) bond motifs is 1. The zero-order valence-electron chi connectivity index (χ0n) is 21.1. The Morgan fingerprint density at radius 2 is 1.77 bits per heavy atom. The number of hydrogen-bond acceptors (Lipinski definition) is 9. The Labute approximate surface area is 231 Å². The molecule has 0 atom stereocenters. The molecule has 0 spiro atoms. The first kappa shape index (κ1) is 27.6. The Morgan fingerprint density at radius 3 is 2.42 bits per heavy atom. The van der Waals surface area contributed by atoms with Gasteiger partial charge >= 0.3 is 5.97 Å². The van der Waals surface area contributed by atoms with Gasteiger partial charge in [-0.15, -0.1) is 11.3 Å². The number of carbonyl (C=O) groups is 2. The summed E-state index contributed by atoms with van der Waals surface area (Å²) < 4.78 is 51.9. The highest BCUT2D eigenvalue weighted by Gasteiger charge is 2.27. The van der Waals surface area contributed by atoms with Crippen molar-refractivity contribution in [1.82, 2.24) is 14.1 Å². The van der Waals surface area contributed by atoms with Crippen LogP contribution >= 0.6 is 11.3 Å². The molecule has 1 aliphatic rings. The highest BCUT2D eigenvalue weighted by Crippen LogP contribution is 2.31. The van der Waals surface area contributed by atoms with E-state index in [1.165, 1.54) is 46.1 Å². The van der Waals surface area contributed by atoms with Crippen molar-refractivity contribution in [1.29, 1.82) is 0 Å². The Morgan fingerprint density at radius 1 is 1.10 bits per heavy atom. The van der Waals surface area contributed by atoms with Gasteiger partial charge in [0.25, 0.3) is 11.5 Å². The van der Waals surface area contributed by atoms with Crippen molar-refractivity contribution >= 4 is 49.0 Å². The lowest BCUT2D eigenvalue weighted by Crippen LogP contribution is -2.40. The maximum atomic E-state index is 13.5. The van der Waals surface area contributed by atoms with Gasteiger partial charge in [0, 0.05) is 29.4 Å². The number of ether oxygens (including phenoxy) is 2. The largest absolute Gasteiger partial charge is 0.461 e. The molecular weight excluding hydrogens is 563 g/mol. The number of hydrogen-bond donors (Lipinski definition) is 1. The fourth-order valence-corrected chi connectivity index (χ4v) is 6.48. The summed E-state index contributed by atoms with van der Waals surface area (Å²) in [5, 5.41) is 8.73. The average Bonchev–Trinajstić information content (AvgIpc) is 3.38. The number of amides is 1. The molecule has 1 N–H and O–H groups in total. The van der Waals surface area contributed by atoms with E-state index in [1.54, 1.807) is 6.92 Å². The van der Waals surface area contributed by atoms with Crippen LogP contribution in [0.1, 0.15) is 27.8 Å². The van der Waals surface area contributed by atoms with E-state index in [4.69, 9.17) is 9.47 Å². The van der Waals surface area contributed by atoms with E-state index in [2.05, 4.69) is 10.4 Å². The minimum Gasteiger partial charge on any atom is -0.461 e. The number of nitrogens with zero attached hydrogens (tertiary/aromatic N) is 3. The van der Waals surface area contributed by atoms with Gasteiger partial charge in [-0.3, -0.25) is 9.59 Å². The van der Waals surface area contributed by atoms with E-state index in [-0.39, 0.29) is 57.3 Å². The molecule has 40 heavy (non-hydrogen) atoms. The van der Waals surface area contributed by atoms with Gasteiger partial charge in [0.2, 0.25) is 10.0 Å². The summed E-state index contributed by atoms with van der Waals surface area (Å²) in [5.74, 6) is -1.88. The number of anilines is 1. The standard InChI is InChI=1S/C26H23FN4O7S2/c1-2-38-26(34)22-20-15-39-24(21(20)25(33)31(29-22)18-7-5-17(27)6-8-18)28-23(32)16-3-9-19(10-4-16)40(35,36)30-11-13-37-14-12-30/h3-10,15H,2,11-14H2,1H3,(H,28,32). The van der Waals surface area contributed by atoms with Gasteiger partial charge in [-0.2, -0.15) is 14.1 Å². The van der Waals surface area contributed by atoms with E-state index in [0.29, 0.717) is 13.2 Å². The summed E-state index contributed by atoms with van der Waals surface area (Å²) in [6.07, 6.45) is 0. The van der Waals surface area contributed by atoms with Crippen LogP contribution in [0, 0.1) is 5.82 Å². The lowest BCUT2D eigenvalue weighted by atomic mass is 10.2. The van der Waals surface area contributed by atoms with Crippen LogP contribution in [0.3, 0.4) is 0 Å². The Kier molecular flexibility index (Phi) is 7.76. The zero-order valence-corrected chi connectivity index (χ0v) is 22.8. The Balaban J connectivity index is 1.49. The molecule has 4 aromatic rings. The molecule has 2 aromatic heterocycles. The molecule has 208 valence electrons. The molecule has 2 aromatic carbocycles. The van der Waals surface area contributed by atoms with Crippen LogP contribution in [0.2, 0.25) is 0 Å². The van der Waals surface area contributed by atoms with Gasteiger partial charge in [0.05, 0.1) is 35.8 Å². The first-order chi connectivity index (χ1) is 19.2.